The van der Waals surface area contributed by atoms with Crippen molar-refractivity contribution in [3.63, 3.8) is 0 Å². The van der Waals surface area contributed by atoms with Gasteiger partial charge in [-0.05, 0) is 49.9 Å². The lowest BCUT2D eigenvalue weighted by Gasteiger charge is -2.45. The van der Waals surface area contributed by atoms with Crippen molar-refractivity contribution in [2.24, 2.45) is 0 Å². The van der Waals surface area contributed by atoms with Gasteiger partial charge < -0.3 is 15.0 Å². The monoisotopic (exact) mass is 455 g/mol. The van der Waals surface area contributed by atoms with Crippen LogP contribution in [-0.2, 0) is 10.9 Å². The van der Waals surface area contributed by atoms with E-state index in [-0.39, 0.29) is 23.7 Å². The molecule has 2 aliphatic heterocycles. The summed E-state index contributed by atoms with van der Waals surface area (Å²) in [5, 5.41) is 4.47. The van der Waals surface area contributed by atoms with Crippen molar-refractivity contribution < 1.29 is 22.7 Å². The lowest BCUT2D eigenvalue weighted by Crippen LogP contribution is -2.57. The molecule has 0 spiro atoms. The Morgan fingerprint density at radius 3 is 2.58 bits per heavy atom. The molecule has 1 N–H and O–H groups in total. The molecule has 5 rings (SSSR count). The Labute approximate surface area is 189 Å². The fourth-order valence-corrected chi connectivity index (χ4v) is 4.96. The van der Waals surface area contributed by atoms with Gasteiger partial charge in [-0.1, -0.05) is 24.3 Å². The summed E-state index contributed by atoms with van der Waals surface area (Å²) in [7, 11) is 0. The largest absolute Gasteiger partial charge is 0.416 e. The second kappa shape index (κ2) is 8.33. The number of fused-ring (bicyclic) bond motifs is 3. The first kappa shape index (κ1) is 21.7. The first-order valence-corrected chi connectivity index (χ1v) is 11.1. The normalized spacial score (nSPS) is 20.7. The van der Waals surface area contributed by atoms with E-state index < -0.39 is 11.7 Å². The van der Waals surface area contributed by atoms with Crippen LogP contribution >= 0.6 is 0 Å². The van der Waals surface area contributed by atoms with Gasteiger partial charge >= 0.3 is 6.18 Å². The highest BCUT2D eigenvalue weighted by Crippen LogP contribution is 2.35. The summed E-state index contributed by atoms with van der Waals surface area (Å²) in [6.45, 7) is 3.01. The molecule has 8 heteroatoms. The summed E-state index contributed by atoms with van der Waals surface area (Å²) in [5.74, 6) is 0.345. The zero-order valence-corrected chi connectivity index (χ0v) is 18.2. The summed E-state index contributed by atoms with van der Waals surface area (Å²) >= 11 is 0. The van der Waals surface area contributed by atoms with Crippen molar-refractivity contribution >= 4 is 28.2 Å². The highest BCUT2D eigenvalue weighted by atomic mass is 19.4. The van der Waals surface area contributed by atoms with E-state index in [9.17, 15) is 18.0 Å². The molecule has 2 bridgehead atoms. The summed E-state index contributed by atoms with van der Waals surface area (Å²) in [4.78, 5) is 20.1. The number of alkyl halides is 3. The van der Waals surface area contributed by atoms with Crippen molar-refractivity contribution in [1.29, 1.82) is 0 Å². The second-order valence-corrected chi connectivity index (χ2v) is 8.71. The molecule has 0 radical (unpaired) electrons. The van der Waals surface area contributed by atoms with Crippen LogP contribution in [0.15, 0.2) is 48.7 Å². The number of pyridine rings is 1. The van der Waals surface area contributed by atoms with Gasteiger partial charge in [0.25, 0.3) is 5.91 Å². The number of benzene rings is 2. The number of piperidine rings is 1. The number of aryl methyl sites for hydroxylation is 1. The number of ether oxygens (including phenoxy) is 1. The molecular weight excluding hydrogens is 431 g/mol. The van der Waals surface area contributed by atoms with Crippen LogP contribution in [0.5, 0.6) is 0 Å². The van der Waals surface area contributed by atoms with E-state index in [1.165, 1.54) is 6.07 Å². The van der Waals surface area contributed by atoms with E-state index in [4.69, 9.17) is 4.74 Å². The van der Waals surface area contributed by atoms with Crippen LogP contribution in [0, 0.1) is 6.92 Å². The average Bonchev–Trinajstić information content (AvgIpc) is 2.78. The minimum Gasteiger partial charge on any atom is -0.377 e. The number of hydrogen-bond donors (Lipinski definition) is 1. The van der Waals surface area contributed by atoms with Crippen LogP contribution in [0.2, 0.25) is 0 Å². The maximum absolute atomic E-state index is 13.7. The van der Waals surface area contributed by atoms with Crippen molar-refractivity contribution in [1.82, 2.24) is 9.88 Å². The average molecular weight is 455 g/mol. The van der Waals surface area contributed by atoms with Gasteiger partial charge in [-0.15, -0.1) is 0 Å². The summed E-state index contributed by atoms with van der Waals surface area (Å²) in [5.41, 5.74) is 0.959. The van der Waals surface area contributed by atoms with E-state index in [1.54, 1.807) is 12.3 Å². The van der Waals surface area contributed by atoms with Crippen LogP contribution in [0.1, 0.15) is 40.7 Å². The molecule has 5 nitrogen and oxygen atoms in total. The van der Waals surface area contributed by atoms with Crippen molar-refractivity contribution in [3.8, 4) is 0 Å². The number of nitrogens with zero attached hydrogens (tertiary/aromatic N) is 2. The highest BCUT2D eigenvalue weighted by molar-refractivity contribution is 6.11. The molecule has 172 valence electrons. The van der Waals surface area contributed by atoms with Gasteiger partial charge in [0, 0.05) is 22.7 Å². The molecule has 0 saturated carbocycles. The third kappa shape index (κ3) is 4.04. The van der Waals surface area contributed by atoms with Crippen LogP contribution in [0.25, 0.3) is 10.8 Å². The van der Waals surface area contributed by atoms with Crippen molar-refractivity contribution in [2.45, 2.75) is 44.4 Å². The van der Waals surface area contributed by atoms with Crippen LogP contribution < -0.4 is 5.32 Å². The molecule has 1 amide bonds. The molecule has 3 heterocycles. The SMILES string of the molecule is Cc1cccc2c(Nc3cccc(C(F)(F)F)c3)ncc(C(=O)N3C4CCCC3COC4)c12. The third-order valence-electron chi connectivity index (χ3n) is 6.52. The lowest BCUT2D eigenvalue weighted by molar-refractivity contribution is -0.137. The Kier molecular flexibility index (Phi) is 5.48. The first-order valence-electron chi connectivity index (χ1n) is 11.1. The van der Waals surface area contributed by atoms with Gasteiger partial charge in [-0.3, -0.25) is 4.79 Å². The summed E-state index contributed by atoms with van der Waals surface area (Å²) in [6.07, 6.45) is 0.0267. The molecule has 2 atom stereocenters. The van der Waals surface area contributed by atoms with Gasteiger partial charge in [-0.25, -0.2) is 4.98 Å². The van der Waals surface area contributed by atoms with Crippen LogP contribution in [0.3, 0.4) is 0 Å². The minimum absolute atomic E-state index is 0.0620. The van der Waals surface area contributed by atoms with Gasteiger partial charge in [0.15, 0.2) is 0 Å². The summed E-state index contributed by atoms with van der Waals surface area (Å²) < 4.78 is 45.1. The third-order valence-corrected chi connectivity index (χ3v) is 6.52. The zero-order chi connectivity index (χ0) is 23.2. The van der Waals surface area contributed by atoms with E-state index in [1.807, 2.05) is 30.0 Å². The van der Waals surface area contributed by atoms with Gasteiger partial charge in [0.05, 0.1) is 36.4 Å². The summed E-state index contributed by atoms with van der Waals surface area (Å²) in [6, 6.07) is 10.7. The van der Waals surface area contributed by atoms with E-state index in [0.29, 0.717) is 30.0 Å². The number of morpholine rings is 1. The van der Waals surface area contributed by atoms with E-state index in [2.05, 4.69) is 10.3 Å². The number of carbonyl (C=O) groups is 1. The fourth-order valence-electron chi connectivity index (χ4n) is 4.96. The molecule has 2 aliphatic rings. The van der Waals surface area contributed by atoms with Crippen molar-refractivity contribution in [3.05, 3.63) is 65.4 Å². The highest BCUT2D eigenvalue weighted by Gasteiger charge is 2.39. The molecule has 2 aromatic carbocycles. The molecule has 0 aliphatic carbocycles. The number of amides is 1. The predicted octanol–water partition coefficient (Wildman–Crippen LogP) is 5.70. The van der Waals surface area contributed by atoms with E-state index in [0.717, 1.165) is 42.3 Å². The zero-order valence-electron chi connectivity index (χ0n) is 18.2. The van der Waals surface area contributed by atoms with Crippen LogP contribution in [-0.4, -0.2) is 41.1 Å². The molecule has 2 unspecified atom stereocenters. The molecule has 2 saturated heterocycles. The topological polar surface area (TPSA) is 54.5 Å². The Balaban J connectivity index is 1.55. The predicted molar refractivity (Wildman–Crippen MR) is 120 cm³/mol. The van der Waals surface area contributed by atoms with Crippen LogP contribution in [0.4, 0.5) is 24.7 Å². The number of carbonyl (C=O) groups excluding carboxylic acids is 1. The van der Waals surface area contributed by atoms with Gasteiger partial charge in [0.1, 0.15) is 5.82 Å². The number of aromatic nitrogens is 1. The smallest absolute Gasteiger partial charge is 0.377 e. The molecule has 3 aromatic rings. The number of hydrogen-bond acceptors (Lipinski definition) is 4. The lowest BCUT2D eigenvalue weighted by atomic mass is 9.92. The molecule has 1 aromatic heterocycles. The number of halogens is 3. The van der Waals surface area contributed by atoms with Crippen molar-refractivity contribution in [2.75, 3.05) is 18.5 Å². The Bertz CT molecular complexity index is 1190. The fraction of sp³-hybridized carbons (Fsp3) is 0.360. The standard InChI is InChI=1S/C25H24F3N3O2/c1-15-5-2-10-20-22(15)21(24(32)31-18-8-4-9-19(31)14-33-13-18)12-29-23(20)30-17-7-3-6-16(11-17)25(26,27)28/h2-3,5-7,10-12,18-19H,4,8-9,13-14H2,1H3,(H,29,30). The number of rotatable bonds is 3. The van der Waals surface area contributed by atoms with Gasteiger partial charge in [0.2, 0.25) is 0 Å². The molecule has 33 heavy (non-hydrogen) atoms. The molecular formula is C25H24F3N3O2. The van der Waals surface area contributed by atoms with Gasteiger partial charge in [-0.2, -0.15) is 13.2 Å². The quantitative estimate of drug-likeness (QED) is 0.551. The second-order valence-electron chi connectivity index (χ2n) is 8.71. The first-order chi connectivity index (χ1) is 15.8. The Hall–Kier alpha value is -3.13. The number of nitrogens with one attached hydrogen (secondary N) is 1. The maximum atomic E-state index is 13.7. The Morgan fingerprint density at radius 1 is 1.12 bits per heavy atom. The maximum Gasteiger partial charge on any atom is 0.416 e. The Morgan fingerprint density at radius 2 is 1.85 bits per heavy atom. The molecule has 2 fully saturated rings. The minimum atomic E-state index is -4.43. The van der Waals surface area contributed by atoms with E-state index >= 15 is 0 Å². The number of anilines is 2.